The Morgan fingerprint density at radius 1 is 0.862 bits per heavy atom. The zero-order valence-electron chi connectivity index (χ0n) is 16.5. The van der Waals surface area contributed by atoms with Crippen molar-refractivity contribution in [3.05, 3.63) is 54.3 Å². The van der Waals surface area contributed by atoms with Crippen molar-refractivity contribution >= 4 is 23.0 Å². The number of hydrogen-bond donors (Lipinski definition) is 1. The van der Waals surface area contributed by atoms with Gasteiger partial charge in [0.15, 0.2) is 0 Å². The van der Waals surface area contributed by atoms with Gasteiger partial charge in [0.25, 0.3) is 0 Å². The lowest BCUT2D eigenvalue weighted by atomic mass is 10.2. The van der Waals surface area contributed by atoms with Gasteiger partial charge >= 0.3 is 0 Å². The number of ether oxygens (including phenoxy) is 1. The van der Waals surface area contributed by atoms with Crippen LogP contribution in [0.2, 0.25) is 0 Å². The van der Waals surface area contributed by atoms with Crippen molar-refractivity contribution in [1.29, 1.82) is 0 Å². The molecule has 4 rings (SSSR count). The van der Waals surface area contributed by atoms with Crippen molar-refractivity contribution in [1.82, 2.24) is 4.90 Å². The van der Waals surface area contributed by atoms with Crippen LogP contribution in [-0.4, -0.2) is 69.8 Å². The van der Waals surface area contributed by atoms with Gasteiger partial charge in [0.1, 0.15) is 5.82 Å². The number of rotatable bonds is 5. The number of amides is 1. The normalized spacial score (nSPS) is 18.0. The van der Waals surface area contributed by atoms with Gasteiger partial charge in [-0.3, -0.25) is 9.69 Å². The Morgan fingerprint density at radius 3 is 2.21 bits per heavy atom. The van der Waals surface area contributed by atoms with Gasteiger partial charge in [-0.25, -0.2) is 4.39 Å². The molecule has 0 unspecified atom stereocenters. The van der Waals surface area contributed by atoms with Gasteiger partial charge in [-0.1, -0.05) is 24.3 Å². The summed E-state index contributed by atoms with van der Waals surface area (Å²) < 4.78 is 19.4. The molecule has 2 aromatic carbocycles. The second-order valence-electron chi connectivity index (χ2n) is 7.38. The van der Waals surface area contributed by atoms with Crippen LogP contribution in [0.5, 0.6) is 0 Å². The Kier molecular flexibility index (Phi) is 6.27. The molecule has 0 aliphatic carbocycles. The Labute approximate surface area is 170 Å². The van der Waals surface area contributed by atoms with Crippen LogP contribution in [0.25, 0.3) is 0 Å². The minimum Gasteiger partial charge on any atom is -0.378 e. The highest BCUT2D eigenvalue weighted by atomic mass is 19.1. The summed E-state index contributed by atoms with van der Waals surface area (Å²) in [6.07, 6.45) is 0. The van der Waals surface area contributed by atoms with Crippen LogP contribution in [-0.2, 0) is 9.53 Å². The van der Waals surface area contributed by atoms with E-state index in [1.54, 1.807) is 12.1 Å². The SMILES string of the molecule is O=C(CN1CCN(c2ccccc2F)CC1)Nc1ccccc1N1CCOCC1. The lowest BCUT2D eigenvalue weighted by molar-refractivity contribution is -0.117. The number of piperazine rings is 1. The molecule has 0 aromatic heterocycles. The predicted molar refractivity (Wildman–Crippen MR) is 113 cm³/mol. The van der Waals surface area contributed by atoms with E-state index >= 15 is 0 Å². The number of anilines is 3. The summed E-state index contributed by atoms with van der Waals surface area (Å²) >= 11 is 0. The van der Waals surface area contributed by atoms with E-state index in [0.717, 1.165) is 37.6 Å². The molecule has 2 aliphatic rings. The van der Waals surface area contributed by atoms with E-state index in [-0.39, 0.29) is 11.7 Å². The summed E-state index contributed by atoms with van der Waals surface area (Å²) in [5, 5.41) is 3.07. The average molecular weight is 398 g/mol. The van der Waals surface area contributed by atoms with Crippen LogP contribution in [0, 0.1) is 5.82 Å². The first-order chi connectivity index (χ1) is 14.2. The first kappa shape index (κ1) is 19.7. The average Bonchev–Trinajstić information content (AvgIpc) is 2.76. The van der Waals surface area contributed by atoms with Gasteiger partial charge in [-0.15, -0.1) is 0 Å². The fourth-order valence-electron chi connectivity index (χ4n) is 3.91. The number of morpholine rings is 1. The molecule has 2 aliphatic heterocycles. The third-order valence-corrected chi connectivity index (χ3v) is 5.46. The van der Waals surface area contributed by atoms with E-state index in [9.17, 15) is 9.18 Å². The maximum absolute atomic E-state index is 14.0. The largest absolute Gasteiger partial charge is 0.378 e. The number of benzene rings is 2. The Bertz CT molecular complexity index is 833. The number of nitrogens with zero attached hydrogens (tertiary/aromatic N) is 3. The molecule has 2 fully saturated rings. The lowest BCUT2D eigenvalue weighted by Gasteiger charge is -2.36. The Hall–Kier alpha value is -2.64. The molecule has 0 radical (unpaired) electrons. The Morgan fingerprint density at radius 2 is 1.48 bits per heavy atom. The molecule has 1 N–H and O–H groups in total. The quantitative estimate of drug-likeness (QED) is 0.838. The number of nitrogens with one attached hydrogen (secondary N) is 1. The van der Waals surface area contributed by atoms with E-state index in [1.165, 1.54) is 6.07 Å². The number of halogens is 1. The van der Waals surface area contributed by atoms with Crippen LogP contribution >= 0.6 is 0 Å². The zero-order chi connectivity index (χ0) is 20.1. The minimum atomic E-state index is -0.196. The number of carbonyl (C=O) groups is 1. The topological polar surface area (TPSA) is 48.1 Å². The van der Waals surface area contributed by atoms with E-state index in [0.29, 0.717) is 38.5 Å². The maximum Gasteiger partial charge on any atom is 0.238 e. The summed E-state index contributed by atoms with van der Waals surface area (Å²) in [5.41, 5.74) is 2.51. The van der Waals surface area contributed by atoms with Crippen molar-refractivity contribution in [2.75, 3.05) is 74.1 Å². The number of carbonyl (C=O) groups excluding carboxylic acids is 1. The molecule has 2 aromatic rings. The van der Waals surface area contributed by atoms with E-state index in [4.69, 9.17) is 4.74 Å². The van der Waals surface area contributed by atoms with Gasteiger partial charge in [0.05, 0.1) is 36.8 Å². The molecule has 2 saturated heterocycles. The molecule has 1 amide bonds. The number of para-hydroxylation sites is 3. The second-order valence-corrected chi connectivity index (χ2v) is 7.38. The maximum atomic E-state index is 14.0. The minimum absolute atomic E-state index is 0.0231. The monoisotopic (exact) mass is 398 g/mol. The molecule has 6 nitrogen and oxygen atoms in total. The van der Waals surface area contributed by atoms with Gasteiger partial charge in [-0.2, -0.15) is 0 Å². The molecule has 0 bridgehead atoms. The van der Waals surface area contributed by atoms with Gasteiger partial charge in [-0.05, 0) is 24.3 Å². The zero-order valence-corrected chi connectivity index (χ0v) is 16.5. The molecule has 0 spiro atoms. The third kappa shape index (κ3) is 4.86. The summed E-state index contributed by atoms with van der Waals surface area (Å²) in [5.74, 6) is -0.219. The van der Waals surface area contributed by atoms with Crippen LogP contribution in [0.4, 0.5) is 21.5 Å². The molecule has 29 heavy (non-hydrogen) atoms. The summed E-state index contributed by atoms with van der Waals surface area (Å²) in [6.45, 7) is 6.26. The van der Waals surface area contributed by atoms with Gasteiger partial charge in [0.2, 0.25) is 5.91 Å². The predicted octanol–water partition coefficient (Wildman–Crippen LogP) is 2.42. The standard InChI is InChI=1S/C22H27FN4O2/c23-18-5-1-3-7-20(18)26-11-9-25(10-12-26)17-22(28)24-19-6-2-4-8-21(19)27-13-15-29-16-14-27/h1-8H,9-17H2,(H,24,28). The number of hydrogen-bond acceptors (Lipinski definition) is 5. The second kappa shape index (κ2) is 9.24. The molecule has 154 valence electrons. The van der Waals surface area contributed by atoms with E-state index in [2.05, 4.69) is 15.1 Å². The van der Waals surface area contributed by atoms with Crippen molar-refractivity contribution in [3.8, 4) is 0 Å². The van der Waals surface area contributed by atoms with Crippen molar-refractivity contribution in [3.63, 3.8) is 0 Å². The Balaban J connectivity index is 1.31. The molecular weight excluding hydrogens is 371 g/mol. The third-order valence-electron chi connectivity index (χ3n) is 5.46. The molecule has 0 saturated carbocycles. The van der Waals surface area contributed by atoms with Crippen molar-refractivity contribution in [2.24, 2.45) is 0 Å². The summed E-state index contributed by atoms with van der Waals surface area (Å²) in [7, 11) is 0. The highest BCUT2D eigenvalue weighted by molar-refractivity contribution is 5.95. The van der Waals surface area contributed by atoms with Crippen molar-refractivity contribution < 1.29 is 13.9 Å². The lowest BCUT2D eigenvalue weighted by Crippen LogP contribution is -2.49. The van der Waals surface area contributed by atoms with Crippen molar-refractivity contribution in [2.45, 2.75) is 0 Å². The molecule has 0 atom stereocenters. The van der Waals surface area contributed by atoms with Crippen LogP contribution in [0.1, 0.15) is 0 Å². The van der Waals surface area contributed by atoms with E-state index < -0.39 is 0 Å². The van der Waals surface area contributed by atoms with Crippen LogP contribution in [0.15, 0.2) is 48.5 Å². The summed E-state index contributed by atoms with van der Waals surface area (Å²) in [4.78, 5) is 19.0. The molecule has 2 heterocycles. The van der Waals surface area contributed by atoms with Gasteiger partial charge in [0, 0.05) is 39.3 Å². The fourth-order valence-corrected chi connectivity index (χ4v) is 3.91. The van der Waals surface area contributed by atoms with E-state index in [1.807, 2.05) is 35.2 Å². The molecule has 7 heteroatoms. The van der Waals surface area contributed by atoms with Crippen LogP contribution in [0.3, 0.4) is 0 Å². The van der Waals surface area contributed by atoms with Crippen LogP contribution < -0.4 is 15.1 Å². The smallest absolute Gasteiger partial charge is 0.238 e. The first-order valence-electron chi connectivity index (χ1n) is 10.1. The highest BCUT2D eigenvalue weighted by Gasteiger charge is 2.22. The first-order valence-corrected chi connectivity index (χ1v) is 10.1. The van der Waals surface area contributed by atoms with Gasteiger partial charge < -0.3 is 19.9 Å². The fraction of sp³-hybridized carbons (Fsp3) is 0.409. The molecular formula is C22H27FN4O2. The summed E-state index contributed by atoms with van der Waals surface area (Å²) in [6, 6.07) is 14.8. The highest BCUT2D eigenvalue weighted by Crippen LogP contribution is 2.26.